The second kappa shape index (κ2) is 17.8. The molecular formula is C20H40O5S. The molecule has 5 nitrogen and oxygen atoms in total. The van der Waals surface area contributed by atoms with E-state index < -0.39 is 15.9 Å². The van der Waals surface area contributed by atoms with E-state index in [2.05, 4.69) is 6.92 Å². The molecule has 0 aliphatic rings. The first-order valence-corrected chi connectivity index (χ1v) is 12.2. The van der Waals surface area contributed by atoms with Crippen LogP contribution in [0.5, 0.6) is 0 Å². The average molecular weight is 393 g/mol. The highest BCUT2D eigenvalue weighted by molar-refractivity contribution is 7.85. The van der Waals surface area contributed by atoms with Crippen molar-refractivity contribution in [1.29, 1.82) is 0 Å². The first-order valence-electron chi connectivity index (χ1n) is 10.6. The molecule has 6 heteroatoms. The van der Waals surface area contributed by atoms with Crippen LogP contribution < -0.4 is 0 Å². The zero-order valence-corrected chi connectivity index (χ0v) is 17.5. The van der Waals surface area contributed by atoms with E-state index in [-0.39, 0.29) is 12.6 Å². The number of esters is 1. The van der Waals surface area contributed by atoms with E-state index in [1.54, 1.807) is 0 Å². The van der Waals surface area contributed by atoms with Gasteiger partial charge >= 0.3 is 5.97 Å². The van der Waals surface area contributed by atoms with Crippen molar-refractivity contribution in [2.45, 2.75) is 110 Å². The number of hydrogen-bond acceptors (Lipinski definition) is 4. The van der Waals surface area contributed by atoms with E-state index in [9.17, 15) is 13.2 Å². The lowest BCUT2D eigenvalue weighted by molar-refractivity contribution is -0.143. The lowest BCUT2D eigenvalue weighted by Crippen LogP contribution is -2.14. The van der Waals surface area contributed by atoms with Crippen molar-refractivity contribution in [2.24, 2.45) is 0 Å². The Bertz CT molecular complexity index is 420. The highest BCUT2D eigenvalue weighted by Crippen LogP contribution is 2.13. The van der Waals surface area contributed by atoms with Crippen LogP contribution in [0.1, 0.15) is 110 Å². The summed E-state index contributed by atoms with van der Waals surface area (Å²) in [5, 5.41) is 0. The summed E-state index contributed by atoms with van der Waals surface area (Å²) in [6, 6.07) is 0. The average Bonchev–Trinajstić information content (AvgIpc) is 2.57. The Morgan fingerprint density at radius 2 is 1.12 bits per heavy atom. The normalized spacial score (nSPS) is 11.6. The third-order valence-electron chi connectivity index (χ3n) is 4.59. The topological polar surface area (TPSA) is 80.7 Å². The van der Waals surface area contributed by atoms with Crippen molar-refractivity contribution < 1.29 is 22.5 Å². The summed E-state index contributed by atoms with van der Waals surface area (Å²) in [4.78, 5) is 11.4. The number of unbranched alkanes of at least 4 members (excludes halogenated alkanes) is 14. The molecule has 0 fully saturated rings. The Hall–Kier alpha value is -0.620. The summed E-state index contributed by atoms with van der Waals surface area (Å²) in [6.07, 6.45) is 19.4. The van der Waals surface area contributed by atoms with Gasteiger partial charge in [0.25, 0.3) is 10.1 Å². The molecule has 0 aromatic carbocycles. The van der Waals surface area contributed by atoms with Crippen LogP contribution in [0.3, 0.4) is 0 Å². The molecular weight excluding hydrogens is 352 g/mol. The third kappa shape index (κ3) is 21.4. The molecule has 26 heavy (non-hydrogen) atoms. The minimum absolute atomic E-state index is 0.267. The Kier molecular flexibility index (Phi) is 17.4. The molecule has 0 aromatic rings. The fourth-order valence-corrected chi connectivity index (χ4v) is 3.27. The zero-order chi connectivity index (χ0) is 19.5. The minimum Gasteiger partial charge on any atom is -0.464 e. The van der Waals surface area contributed by atoms with Crippen LogP contribution in [-0.2, 0) is 19.6 Å². The van der Waals surface area contributed by atoms with Crippen LogP contribution in [0.15, 0.2) is 0 Å². The molecule has 0 aliphatic heterocycles. The van der Waals surface area contributed by atoms with E-state index in [1.165, 1.54) is 77.0 Å². The Morgan fingerprint density at radius 3 is 1.50 bits per heavy atom. The lowest BCUT2D eigenvalue weighted by atomic mass is 10.0. The van der Waals surface area contributed by atoms with Crippen molar-refractivity contribution in [3.63, 3.8) is 0 Å². The van der Waals surface area contributed by atoms with E-state index in [4.69, 9.17) is 9.29 Å². The van der Waals surface area contributed by atoms with E-state index in [0.717, 1.165) is 19.3 Å². The van der Waals surface area contributed by atoms with Gasteiger partial charge in [-0.1, -0.05) is 96.8 Å². The van der Waals surface area contributed by atoms with Gasteiger partial charge in [0.1, 0.15) is 12.4 Å². The maximum atomic E-state index is 11.4. The Morgan fingerprint density at radius 1 is 0.731 bits per heavy atom. The first kappa shape index (κ1) is 25.4. The smallest absolute Gasteiger partial charge is 0.305 e. The van der Waals surface area contributed by atoms with Gasteiger partial charge in [0, 0.05) is 6.42 Å². The monoisotopic (exact) mass is 392 g/mol. The molecule has 0 bridgehead atoms. The molecule has 0 aromatic heterocycles. The van der Waals surface area contributed by atoms with E-state index >= 15 is 0 Å². The summed E-state index contributed by atoms with van der Waals surface area (Å²) in [5.41, 5.74) is 0. The predicted octanol–water partition coefficient (Wildman–Crippen LogP) is 5.68. The molecule has 1 N–H and O–H groups in total. The fourth-order valence-electron chi connectivity index (χ4n) is 2.97. The van der Waals surface area contributed by atoms with Gasteiger partial charge in [-0.25, -0.2) is 0 Å². The number of rotatable bonds is 19. The maximum absolute atomic E-state index is 11.4. The molecule has 0 atom stereocenters. The Balaban J connectivity index is 3.18. The quantitative estimate of drug-likeness (QED) is 0.174. The van der Waals surface area contributed by atoms with E-state index in [0.29, 0.717) is 6.42 Å². The Labute approximate surface area is 161 Å². The molecule has 0 saturated heterocycles. The number of hydrogen-bond donors (Lipinski definition) is 1. The second-order valence-corrected chi connectivity index (χ2v) is 8.78. The molecule has 0 unspecified atom stereocenters. The predicted molar refractivity (Wildman–Crippen MR) is 107 cm³/mol. The van der Waals surface area contributed by atoms with Crippen molar-refractivity contribution in [2.75, 3.05) is 12.4 Å². The van der Waals surface area contributed by atoms with Gasteiger partial charge in [-0.3, -0.25) is 9.35 Å². The van der Waals surface area contributed by atoms with E-state index in [1.807, 2.05) is 0 Å². The number of ether oxygens (including phenoxy) is 1. The number of carbonyl (C=O) groups excluding carboxylic acids is 1. The van der Waals surface area contributed by atoms with Gasteiger partial charge < -0.3 is 4.74 Å². The van der Waals surface area contributed by atoms with Gasteiger partial charge in [-0.15, -0.1) is 0 Å². The summed E-state index contributed by atoms with van der Waals surface area (Å²) >= 11 is 0. The molecule has 156 valence electrons. The van der Waals surface area contributed by atoms with Crippen LogP contribution in [0.4, 0.5) is 0 Å². The largest absolute Gasteiger partial charge is 0.464 e. The minimum atomic E-state index is -4.05. The van der Waals surface area contributed by atoms with Gasteiger partial charge in [0.2, 0.25) is 0 Å². The summed E-state index contributed by atoms with van der Waals surface area (Å²) in [7, 11) is -4.05. The molecule has 0 aliphatic carbocycles. The molecule has 0 rings (SSSR count). The lowest BCUT2D eigenvalue weighted by Gasteiger charge is -2.04. The molecule has 0 heterocycles. The highest BCUT2D eigenvalue weighted by atomic mass is 32.2. The van der Waals surface area contributed by atoms with Crippen LogP contribution in [0.2, 0.25) is 0 Å². The first-order chi connectivity index (χ1) is 12.5. The maximum Gasteiger partial charge on any atom is 0.305 e. The van der Waals surface area contributed by atoms with Crippen LogP contribution in [0.25, 0.3) is 0 Å². The van der Waals surface area contributed by atoms with Gasteiger partial charge in [-0.2, -0.15) is 8.42 Å². The standard InChI is InChI=1S/C20H40O5S/c1-2-3-4-5-6-7-8-9-10-11-12-13-14-15-16-17-20(21)25-18-19-26(22,23)24/h2-19H2,1H3,(H,22,23,24). The molecule has 0 spiro atoms. The summed E-state index contributed by atoms with van der Waals surface area (Å²) < 4.78 is 34.3. The third-order valence-corrected chi connectivity index (χ3v) is 5.27. The van der Waals surface area contributed by atoms with Crippen molar-refractivity contribution in [3.8, 4) is 0 Å². The summed E-state index contributed by atoms with van der Waals surface area (Å²) in [6.45, 7) is 1.99. The zero-order valence-electron chi connectivity index (χ0n) is 16.7. The molecule has 0 saturated carbocycles. The SMILES string of the molecule is CCCCCCCCCCCCCCCCCC(=O)OCCS(=O)(=O)O. The van der Waals surface area contributed by atoms with Crippen LogP contribution in [-0.4, -0.2) is 31.3 Å². The molecule has 0 amide bonds. The van der Waals surface area contributed by atoms with Crippen molar-refractivity contribution >= 4 is 16.1 Å². The van der Waals surface area contributed by atoms with Gasteiger partial charge in [0.15, 0.2) is 0 Å². The molecule has 0 radical (unpaired) electrons. The van der Waals surface area contributed by atoms with Gasteiger partial charge in [0.05, 0.1) is 0 Å². The van der Waals surface area contributed by atoms with Crippen molar-refractivity contribution in [3.05, 3.63) is 0 Å². The van der Waals surface area contributed by atoms with Gasteiger partial charge in [-0.05, 0) is 6.42 Å². The van der Waals surface area contributed by atoms with Crippen LogP contribution in [0, 0.1) is 0 Å². The number of carbonyl (C=O) groups is 1. The van der Waals surface area contributed by atoms with Crippen molar-refractivity contribution in [1.82, 2.24) is 0 Å². The fraction of sp³-hybridized carbons (Fsp3) is 0.950. The summed E-state index contributed by atoms with van der Waals surface area (Å²) in [5.74, 6) is -0.916. The van der Waals surface area contributed by atoms with Crippen LogP contribution >= 0.6 is 0 Å². The second-order valence-electron chi connectivity index (χ2n) is 7.21. The highest BCUT2D eigenvalue weighted by Gasteiger charge is 2.07.